The van der Waals surface area contributed by atoms with Crippen LogP contribution < -0.4 is 5.32 Å². The maximum atomic E-state index is 12.2. The molecule has 5 heteroatoms. The van der Waals surface area contributed by atoms with Crippen molar-refractivity contribution in [2.24, 2.45) is 0 Å². The van der Waals surface area contributed by atoms with E-state index in [0.29, 0.717) is 25.3 Å². The van der Waals surface area contributed by atoms with Gasteiger partial charge in [-0.3, -0.25) is 4.79 Å². The first-order valence-electron chi connectivity index (χ1n) is 9.10. The summed E-state index contributed by atoms with van der Waals surface area (Å²) in [5.74, 6) is 1.30. The molecule has 2 aromatic carbocycles. The van der Waals surface area contributed by atoms with Gasteiger partial charge < -0.3 is 14.6 Å². The Morgan fingerprint density at radius 2 is 1.74 bits per heavy atom. The number of benzene rings is 2. The summed E-state index contributed by atoms with van der Waals surface area (Å²) in [6.07, 6.45) is 2.54. The highest BCUT2D eigenvalue weighted by Crippen LogP contribution is 2.20. The number of aromatic nitrogens is 1. The van der Waals surface area contributed by atoms with Crippen molar-refractivity contribution in [2.75, 3.05) is 14.1 Å². The molecule has 0 bridgehead atoms. The molecule has 0 radical (unpaired) electrons. The van der Waals surface area contributed by atoms with Crippen LogP contribution in [-0.4, -0.2) is 29.9 Å². The summed E-state index contributed by atoms with van der Waals surface area (Å²) in [5.41, 5.74) is 3.35. The maximum Gasteiger partial charge on any atom is 0.220 e. The van der Waals surface area contributed by atoms with Crippen LogP contribution in [0.15, 0.2) is 65.2 Å². The lowest BCUT2D eigenvalue weighted by molar-refractivity contribution is -0.121. The van der Waals surface area contributed by atoms with Crippen molar-refractivity contribution >= 4 is 5.91 Å². The minimum absolute atomic E-state index is 0.00545. The normalized spacial score (nSPS) is 10.9. The minimum Gasteiger partial charge on any atom is -0.441 e. The molecule has 1 amide bonds. The zero-order valence-electron chi connectivity index (χ0n) is 15.8. The van der Waals surface area contributed by atoms with Gasteiger partial charge in [0.05, 0.1) is 6.20 Å². The van der Waals surface area contributed by atoms with Crippen LogP contribution in [-0.2, 0) is 24.3 Å². The van der Waals surface area contributed by atoms with Crippen molar-refractivity contribution in [2.45, 2.75) is 25.9 Å². The summed E-state index contributed by atoms with van der Waals surface area (Å²) < 4.78 is 5.75. The summed E-state index contributed by atoms with van der Waals surface area (Å²) in [5, 5.41) is 2.99. The van der Waals surface area contributed by atoms with Crippen LogP contribution in [0.4, 0.5) is 0 Å². The van der Waals surface area contributed by atoms with E-state index in [0.717, 1.165) is 23.4 Å². The molecule has 3 rings (SSSR count). The number of nitrogens with one attached hydrogen (secondary N) is 1. The van der Waals surface area contributed by atoms with Crippen LogP contribution in [0.5, 0.6) is 0 Å². The van der Waals surface area contributed by atoms with Gasteiger partial charge in [-0.1, -0.05) is 54.6 Å². The van der Waals surface area contributed by atoms with Crippen molar-refractivity contribution in [3.8, 4) is 11.3 Å². The maximum absolute atomic E-state index is 12.2. The average Bonchev–Trinajstić information content (AvgIpc) is 3.15. The van der Waals surface area contributed by atoms with E-state index in [2.05, 4.69) is 27.3 Å². The van der Waals surface area contributed by atoms with Crippen molar-refractivity contribution in [3.63, 3.8) is 0 Å². The van der Waals surface area contributed by atoms with Gasteiger partial charge in [0.25, 0.3) is 0 Å². The second-order valence-corrected chi connectivity index (χ2v) is 6.77. The summed E-state index contributed by atoms with van der Waals surface area (Å²) in [4.78, 5) is 18.6. The first-order valence-corrected chi connectivity index (χ1v) is 9.10. The van der Waals surface area contributed by atoms with Crippen LogP contribution in [0.25, 0.3) is 11.3 Å². The highest BCUT2D eigenvalue weighted by Gasteiger charge is 2.10. The first kappa shape index (κ1) is 18.9. The predicted octanol–water partition coefficient (Wildman–Crippen LogP) is 3.65. The molecular formula is C22H25N3O2. The number of carbonyl (C=O) groups excluding carboxylic acids is 1. The van der Waals surface area contributed by atoms with Crippen LogP contribution in [0.3, 0.4) is 0 Å². The van der Waals surface area contributed by atoms with E-state index >= 15 is 0 Å². The second kappa shape index (κ2) is 9.14. The SMILES string of the molecule is CN(C)Cc1ccccc1CNC(=O)CCc1ncc(-c2ccccc2)o1. The number of oxazole rings is 1. The predicted molar refractivity (Wildman–Crippen MR) is 106 cm³/mol. The molecule has 0 unspecified atom stereocenters. The molecule has 0 aliphatic heterocycles. The molecular weight excluding hydrogens is 338 g/mol. The fourth-order valence-corrected chi connectivity index (χ4v) is 2.89. The van der Waals surface area contributed by atoms with Gasteiger partial charge in [0.1, 0.15) is 0 Å². The third-order valence-electron chi connectivity index (χ3n) is 4.26. The zero-order valence-corrected chi connectivity index (χ0v) is 15.8. The van der Waals surface area contributed by atoms with E-state index in [-0.39, 0.29) is 5.91 Å². The summed E-state index contributed by atoms with van der Waals surface area (Å²) in [6.45, 7) is 1.38. The molecule has 140 valence electrons. The first-order chi connectivity index (χ1) is 13.1. The zero-order chi connectivity index (χ0) is 19.1. The van der Waals surface area contributed by atoms with Crippen LogP contribution >= 0.6 is 0 Å². The quantitative estimate of drug-likeness (QED) is 0.664. The van der Waals surface area contributed by atoms with Crippen molar-refractivity contribution in [1.29, 1.82) is 0 Å². The van der Waals surface area contributed by atoms with Gasteiger partial charge in [0, 0.05) is 31.5 Å². The fourth-order valence-electron chi connectivity index (χ4n) is 2.89. The summed E-state index contributed by atoms with van der Waals surface area (Å²) in [7, 11) is 4.07. The Kier molecular flexibility index (Phi) is 6.39. The van der Waals surface area contributed by atoms with E-state index < -0.39 is 0 Å². The number of nitrogens with zero attached hydrogens (tertiary/aromatic N) is 2. The van der Waals surface area contributed by atoms with Gasteiger partial charge in [-0.2, -0.15) is 0 Å². The lowest BCUT2D eigenvalue weighted by Crippen LogP contribution is -2.24. The lowest BCUT2D eigenvalue weighted by atomic mass is 10.1. The molecule has 0 aliphatic rings. The van der Waals surface area contributed by atoms with Gasteiger partial charge in [-0.05, 0) is 25.2 Å². The van der Waals surface area contributed by atoms with Gasteiger partial charge >= 0.3 is 0 Å². The third-order valence-corrected chi connectivity index (χ3v) is 4.26. The molecule has 27 heavy (non-hydrogen) atoms. The number of rotatable bonds is 8. The van der Waals surface area contributed by atoms with Crippen molar-refractivity contribution in [3.05, 3.63) is 77.8 Å². The Bertz CT molecular complexity index is 872. The van der Waals surface area contributed by atoms with Crippen LogP contribution in [0.2, 0.25) is 0 Å². The fraction of sp³-hybridized carbons (Fsp3) is 0.273. The Hall–Kier alpha value is -2.92. The molecule has 0 saturated carbocycles. The Labute approximate surface area is 160 Å². The van der Waals surface area contributed by atoms with Gasteiger partial charge in [-0.25, -0.2) is 4.98 Å². The lowest BCUT2D eigenvalue weighted by Gasteiger charge is -2.14. The topological polar surface area (TPSA) is 58.4 Å². The highest BCUT2D eigenvalue weighted by atomic mass is 16.4. The molecule has 0 fully saturated rings. The largest absolute Gasteiger partial charge is 0.441 e. The van der Waals surface area contributed by atoms with Gasteiger partial charge in [-0.15, -0.1) is 0 Å². The van der Waals surface area contributed by atoms with Crippen LogP contribution in [0.1, 0.15) is 23.4 Å². The second-order valence-electron chi connectivity index (χ2n) is 6.77. The van der Waals surface area contributed by atoms with E-state index in [1.807, 2.05) is 56.6 Å². The number of aryl methyl sites for hydroxylation is 1. The highest BCUT2D eigenvalue weighted by molar-refractivity contribution is 5.76. The third kappa shape index (κ3) is 5.53. The number of hydrogen-bond donors (Lipinski definition) is 1. The molecule has 3 aromatic rings. The molecule has 0 atom stereocenters. The minimum atomic E-state index is -0.00545. The van der Waals surface area contributed by atoms with Gasteiger partial charge in [0.2, 0.25) is 5.91 Å². The molecule has 1 heterocycles. The van der Waals surface area contributed by atoms with E-state index in [9.17, 15) is 4.79 Å². The molecule has 1 N–H and O–H groups in total. The van der Waals surface area contributed by atoms with E-state index in [1.165, 1.54) is 5.56 Å². The number of carbonyl (C=O) groups is 1. The number of hydrogen-bond acceptors (Lipinski definition) is 4. The Morgan fingerprint density at radius 1 is 1.04 bits per heavy atom. The van der Waals surface area contributed by atoms with Crippen molar-refractivity contribution < 1.29 is 9.21 Å². The molecule has 0 aliphatic carbocycles. The van der Waals surface area contributed by atoms with E-state index in [1.54, 1.807) is 6.20 Å². The monoisotopic (exact) mass is 363 g/mol. The molecule has 0 saturated heterocycles. The standard InChI is InChI=1S/C22H25N3O2/c1-25(2)16-19-11-7-6-10-18(19)14-23-21(26)12-13-22-24-15-20(27-22)17-8-4-3-5-9-17/h3-11,15H,12-14,16H2,1-2H3,(H,23,26). The Balaban J connectivity index is 1.50. The molecule has 5 nitrogen and oxygen atoms in total. The molecule has 1 aromatic heterocycles. The van der Waals surface area contributed by atoms with Gasteiger partial charge in [0.15, 0.2) is 11.7 Å². The average molecular weight is 363 g/mol. The molecule has 0 spiro atoms. The van der Waals surface area contributed by atoms with E-state index in [4.69, 9.17) is 4.42 Å². The van der Waals surface area contributed by atoms with Crippen molar-refractivity contribution in [1.82, 2.24) is 15.2 Å². The summed E-state index contributed by atoms with van der Waals surface area (Å²) in [6, 6.07) is 18.0. The summed E-state index contributed by atoms with van der Waals surface area (Å²) >= 11 is 0. The number of amides is 1. The van der Waals surface area contributed by atoms with Crippen LogP contribution in [0, 0.1) is 0 Å². The Morgan fingerprint density at radius 3 is 2.48 bits per heavy atom. The smallest absolute Gasteiger partial charge is 0.220 e.